The fraction of sp³-hybridized carbons (Fsp3) is 0.615. The second-order valence-electron chi connectivity index (χ2n) is 4.75. The molecule has 0 aromatic carbocycles. The van der Waals surface area contributed by atoms with Crippen molar-refractivity contribution in [3.63, 3.8) is 0 Å². The van der Waals surface area contributed by atoms with Crippen molar-refractivity contribution in [3.05, 3.63) is 22.5 Å². The maximum atomic E-state index is 12.4. The fourth-order valence-corrected chi connectivity index (χ4v) is 2.27. The standard InChI is InChI=1S/C13H22N4O2/c1-3-7-13(9-14,8-4-2)12(19)15-10-5-6-11(18)17-16-10/h5-6H,3-4,7-9,14H2,1-2H3,(H,17,18)(H,15,16,19). The van der Waals surface area contributed by atoms with Crippen LogP contribution in [0.4, 0.5) is 5.82 Å². The van der Waals surface area contributed by atoms with Gasteiger partial charge >= 0.3 is 0 Å². The van der Waals surface area contributed by atoms with Gasteiger partial charge in [0.2, 0.25) is 5.91 Å². The van der Waals surface area contributed by atoms with Crippen molar-refractivity contribution in [2.75, 3.05) is 11.9 Å². The van der Waals surface area contributed by atoms with Crippen LogP contribution >= 0.6 is 0 Å². The van der Waals surface area contributed by atoms with Crippen LogP contribution in [0.2, 0.25) is 0 Å². The average molecular weight is 266 g/mol. The van der Waals surface area contributed by atoms with E-state index in [1.807, 2.05) is 13.8 Å². The first-order valence-corrected chi connectivity index (χ1v) is 6.65. The molecule has 0 atom stereocenters. The van der Waals surface area contributed by atoms with E-state index in [-0.39, 0.29) is 11.5 Å². The van der Waals surface area contributed by atoms with Crippen LogP contribution in [0.3, 0.4) is 0 Å². The summed E-state index contributed by atoms with van der Waals surface area (Å²) in [5.74, 6) is 0.216. The summed E-state index contributed by atoms with van der Waals surface area (Å²) in [7, 11) is 0. The Morgan fingerprint density at radius 3 is 2.42 bits per heavy atom. The molecular formula is C13H22N4O2. The SMILES string of the molecule is CCCC(CN)(CCC)C(=O)Nc1ccc(=O)[nH]n1. The highest BCUT2D eigenvalue weighted by atomic mass is 16.2. The van der Waals surface area contributed by atoms with Crippen molar-refractivity contribution in [2.24, 2.45) is 11.1 Å². The molecule has 6 nitrogen and oxygen atoms in total. The lowest BCUT2D eigenvalue weighted by Crippen LogP contribution is -2.42. The molecule has 0 fully saturated rings. The molecule has 0 unspecified atom stereocenters. The molecule has 1 amide bonds. The molecule has 1 aromatic heterocycles. The van der Waals surface area contributed by atoms with Gasteiger partial charge in [0.05, 0.1) is 5.41 Å². The zero-order valence-corrected chi connectivity index (χ0v) is 11.5. The Bertz CT molecular complexity index is 443. The molecule has 1 aromatic rings. The number of carbonyl (C=O) groups is 1. The Morgan fingerprint density at radius 1 is 1.37 bits per heavy atom. The summed E-state index contributed by atoms with van der Waals surface area (Å²) in [4.78, 5) is 23.3. The molecule has 0 aliphatic rings. The molecule has 4 N–H and O–H groups in total. The van der Waals surface area contributed by atoms with Gasteiger partial charge < -0.3 is 11.1 Å². The van der Waals surface area contributed by atoms with E-state index in [1.165, 1.54) is 12.1 Å². The molecule has 106 valence electrons. The van der Waals surface area contributed by atoms with Crippen LogP contribution in [0.1, 0.15) is 39.5 Å². The minimum Gasteiger partial charge on any atom is -0.329 e. The lowest BCUT2D eigenvalue weighted by Gasteiger charge is -2.30. The summed E-state index contributed by atoms with van der Waals surface area (Å²) in [5, 5.41) is 8.79. The number of amides is 1. The Balaban J connectivity index is 2.87. The third-order valence-electron chi connectivity index (χ3n) is 3.25. The van der Waals surface area contributed by atoms with Gasteiger partial charge in [-0.15, -0.1) is 0 Å². The molecular weight excluding hydrogens is 244 g/mol. The monoisotopic (exact) mass is 266 g/mol. The molecule has 1 heterocycles. The van der Waals surface area contributed by atoms with Gasteiger partial charge in [0, 0.05) is 12.6 Å². The van der Waals surface area contributed by atoms with Crippen molar-refractivity contribution in [3.8, 4) is 0 Å². The second-order valence-corrected chi connectivity index (χ2v) is 4.75. The maximum Gasteiger partial charge on any atom is 0.264 e. The molecule has 0 spiro atoms. The highest BCUT2D eigenvalue weighted by molar-refractivity contribution is 5.94. The number of hydrogen-bond acceptors (Lipinski definition) is 4. The van der Waals surface area contributed by atoms with Crippen LogP contribution in [0, 0.1) is 5.41 Å². The number of nitrogens with zero attached hydrogens (tertiary/aromatic N) is 1. The number of aromatic nitrogens is 2. The van der Waals surface area contributed by atoms with Gasteiger partial charge in [0.15, 0.2) is 5.82 Å². The predicted octanol–water partition coefficient (Wildman–Crippen LogP) is 1.25. The van der Waals surface area contributed by atoms with Crippen molar-refractivity contribution < 1.29 is 4.79 Å². The van der Waals surface area contributed by atoms with E-state index in [1.54, 1.807) is 0 Å². The third-order valence-corrected chi connectivity index (χ3v) is 3.25. The van der Waals surface area contributed by atoms with Gasteiger partial charge in [0.1, 0.15) is 0 Å². The zero-order chi connectivity index (χ0) is 14.3. The molecule has 0 aliphatic heterocycles. The lowest BCUT2D eigenvalue weighted by atomic mass is 9.78. The van der Waals surface area contributed by atoms with Crippen molar-refractivity contribution in [2.45, 2.75) is 39.5 Å². The minimum absolute atomic E-state index is 0.127. The van der Waals surface area contributed by atoms with Gasteiger partial charge in [-0.2, -0.15) is 5.10 Å². The Kier molecular flexibility index (Phi) is 5.69. The number of H-pyrrole nitrogens is 1. The van der Waals surface area contributed by atoms with Crippen LogP contribution in [0.25, 0.3) is 0 Å². The maximum absolute atomic E-state index is 12.4. The Morgan fingerprint density at radius 2 is 2.00 bits per heavy atom. The van der Waals surface area contributed by atoms with Crippen molar-refractivity contribution in [1.82, 2.24) is 10.2 Å². The molecule has 0 saturated heterocycles. The first kappa shape index (κ1) is 15.4. The second kappa shape index (κ2) is 7.04. The first-order chi connectivity index (χ1) is 9.07. The van der Waals surface area contributed by atoms with Gasteiger partial charge in [-0.3, -0.25) is 9.59 Å². The Hall–Kier alpha value is -1.69. The number of nitrogens with one attached hydrogen (secondary N) is 2. The number of aromatic amines is 1. The van der Waals surface area contributed by atoms with E-state index >= 15 is 0 Å². The van der Waals surface area contributed by atoms with E-state index < -0.39 is 5.41 Å². The van der Waals surface area contributed by atoms with Crippen LogP contribution in [-0.2, 0) is 4.79 Å². The van der Waals surface area contributed by atoms with E-state index in [0.29, 0.717) is 12.4 Å². The zero-order valence-electron chi connectivity index (χ0n) is 11.5. The van der Waals surface area contributed by atoms with E-state index in [2.05, 4.69) is 15.5 Å². The number of rotatable bonds is 7. The average Bonchev–Trinajstić information content (AvgIpc) is 2.41. The normalized spacial score (nSPS) is 11.3. The smallest absolute Gasteiger partial charge is 0.264 e. The summed E-state index contributed by atoms with van der Waals surface area (Å²) >= 11 is 0. The molecule has 6 heteroatoms. The van der Waals surface area contributed by atoms with Crippen LogP contribution in [-0.4, -0.2) is 22.6 Å². The summed E-state index contributed by atoms with van der Waals surface area (Å²) < 4.78 is 0. The first-order valence-electron chi connectivity index (χ1n) is 6.65. The van der Waals surface area contributed by atoms with E-state index in [0.717, 1.165) is 25.7 Å². The molecule has 0 radical (unpaired) electrons. The van der Waals surface area contributed by atoms with E-state index in [9.17, 15) is 9.59 Å². The number of nitrogens with two attached hydrogens (primary N) is 1. The third kappa shape index (κ3) is 3.89. The van der Waals surface area contributed by atoms with Gasteiger partial charge in [-0.25, -0.2) is 5.10 Å². The van der Waals surface area contributed by atoms with E-state index in [4.69, 9.17) is 5.73 Å². The van der Waals surface area contributed by atoms with Crippen LogP contribution in [0.15, 0.2) is 16.9 Å². The molecule has 1 rings (SSSR count). The van der Waals surface area contributed by atoms with Crippen molar-refractivity contribution >= 4 is 11.7 Å². The highest BCUT2D eigenvalue weighted by Crippen LogP contribution is 2.30. The fourth-order valence-electron chi connectivity index (χ4n) is 2.27. The lowest BCUT2D eigenvalue weighted by molar-refractivity contribution is -0.126. The molecule has 0 saturated carbocycles. The number of carbonyl (C=O) groups excluding carboxylic acids is 1. The highest BCUT2D eigenvalue weighted by Gasteiger charge is 2.35. The molecule has 0 bridgehead atoms. The molecule has 19 heavy (non-hydrogen) atoms. The van der Waals surface area contributed by atoms with Crippen LogP contribution in [0.5, 0.6) is 0 Å². The predicted molar refractivity (Wildman–Crippen MR) is 74.8 cm³/mol. The van der Waals surface area contributed by atoms with Crippen molar-refractivity contribution in [1.29, 1.82) is 0 Å². The molecule has 0 aliphatic carbocycles. The van der Waals surface area contributed by atoms with Gasteiger partial charge in [-0.05, 0) is 18.9 Å². The largest absolute Gasteiger partial charge is 0.329 e. The quantitative estimate of drug-likeness (QED) is 0.691. The number of hydrogen-bond donors (Lipinski definition) is 3. The van der Waals surface area contributed by atoms with Gasteiger partial charge in [-0.1, -0.05) is 26.7 Å². The minimum atomic E-state index is -0.554. The van der Waals surface area contributed by atoms with Crippen LogP contribution < -0.4 is 16.6 Å². The topological polar surface area (TPSA) is 101 Å². The summed E-state index contributed by atoms with van der Waals surface area (Å²) in [6, 6.07) is 2.81. The summed E-state index contributed by atoms with van der Waals surface area (Å²) in [6.45, 7) is 4.38. The number of anilines is 1. The summed E-state index contributed by atoms with van der Waals surface area (Å²) in [5.41, 5.74) is 4.96. The van der Waals surface area contributed by atoms with Gasteiger partial charge in [0.25, 0.3) is 5.56 Å². The summed E-state index contributed by atoms with van der Waals surface area (Å²) in [6.07, 6.45) is 3.27. The Labute approximate surface area is 112 Å².